The van der Waals surface area contributed by atoms with E-state index in [2.05, 4.69) is 20.9 Å². The molecule has 0 unspecified atom stereocenters. The first kappa shape index (κ1) is 14.6. The number of hydrogen-bond acceptors (Lipinski definition) is 4. The van der Waals surface area contributed by atoms with Gasteiger partial charge in [-0.05, 0) is 22.0 Å². The first-order chi connectivity index (χ1) is 8.69. The SMILES string of the molecule is COCCN(CCC#N)C(=O)c1cncc(Br)c1. The van der Waals surface area contributed by atoms with E-state index in [0.717, 1.165) is 4.47 Å². The van der Waals surface area contributed by atoms with Crippen molar-refractivity contribution in [1.82, 2.24) is 9.88 Å². The highest BCUT2D eigenvalue weighted by atomic mass is 79.9. The fourth-order valence-electron chi connectivity index (χ4n) is 1.41. The minimum atomic E-state index is -0.142. The summed E-state index contributed by atoms with van der Waals surface area (Å²) in [4.78, 5) is 17.8. The van der Waals surface area contributed by atoms with E-state index >= 15 is 0 Å². The van der Waals surface area contributed by atoms with Gasteiger partial charge in [-0.15, -0.1) is 0 Å². The molecule has 6 heteroatoms. The molecule has 1 amide bonds. The standard InChI is InChI=1S/C12H14BrN3O2/c1-18-6-5-16(4-2-3-14)12(17)10-7-11(13)9-15-8-10/h7-9H,2,4-6H2,1H3. The number of carbonyl (C=O) groups excluding carboxylic acids is 1. The number of hydrogen-bond donors (Lipinski definition) is 0. The zero-order valence-electron chi connectivity index (χ0n) is 10.1. The second kappa shape index (κ2) is 7.80. The van der Waals surface area contributed by atoms with Crippen LogP contribution in [-0.2, 0) is 4.74 Å². The van der Waals surface area contributed by atoms with Crippen LogP contribution in [0.4, 0.5) is 0 Å². The summed E-state index contributed by atoms with van der Waals surface area (Å²) < 4.78 is 5.71. The first-order valence-electron chi connectivity index (χ1n) is 5.44. The quantitative estimate of drug-likeness (QED) is 0.804. The predicted molar refractivity (Wildman–Crippen MR) is 69.9 cm³/mol. The lowest BCUT2D eigenvalue weighted by atomic mass is 10.2. The molecule has 0 aliphatic rings. The van der Waals surface area contributed by atoms with Crippen LogP contribution in [-0.4, -0.2) is 42.6 Å². The van der Waals surface area contributed by atoms with E-state index in [-0.39, 0.29) is 5.91 Å². The van der Waals surface area contributed by atoms with Gasteiger partial charge in [0.05, 0.1) is 24.7 Å². The lowest BCUT2D eigenvalue weighted by Crippen LogP contribution is -2.34. The topological polar surface area (TPSA) is 66.2 Å². The number of methoxy groups -OCH3 is 1. The summed E-state index contributed by atoms with van der Waals surface area (Å²) in [7, 11) is 1.58. The van der Waals surface area contributed by atoms with Crippen LogP contribution in [0.15, 0.2) is 22.9 Å². The molecule has 0 aliphatic carbocycles. The highest BCUT2D eigenvalue weighted by Gasteiger charge is 2.15. The molecule has 1 rings (SSSR count). The third-order valence-corrected chi connectivity index (χ3v) is 2.73. The summed E-state index contributed by atoms with van der Waals surface area (Å²) >= 11 is 3.27. The largest absolute Gasteiger partial charge is 0.383 e. The van der Waals surface area contributed by atoms with Crippen molar-refractivity contribution in [3.8, 4) is 6.07 Å². The molecule has 0 spiro atoms. The maximum atomic E-state index is 12.2. The van der Waals surface area contributed by atoms with E-state index in [9.17, 15) is 4.79 Å². The Morgan fingerprint density at radius 2 is 2.33 bits per heavy atom. The van der Waals surface area contributed by atoms with Gasteiger partial charge >= 0.3 is 0 Å². The smallest absolute Gasteiger partial charge is 0.255 e. The first-order valence-corrected chi connectivity index (χ1v) is 6.24. The molecule has 18 heavy (non-hydrogen) atoms. The molecule has 0 aromatic carbocycles. The van der Waals surface area contributed by atoms with Gasteiger partial charge in [0, 0.05) is 37.1 Å². The van der Waals surface area contributed by atoms with Crippen LogP contribution in [0.2, 0.25) is 0 Å². The number of carbonyl (C=O) groups is 1. The van der Waals surface area contributed by atoms with Gasteiger partial charge in [-0.3, -0.25) is 9.78 Å². The summed E-state index contributed by atoms with van der Waals surface area (Å²) in [5.41, 5.74) is 0.499. The van der Waals surface area contributed by atoms with Crippen LogP contribution in [0.5, 0.6) is 0 Å². The normalized spacial score (nSPS) is 9.83. The maximum absolute atomic E-state index is 12.2. The van der Waals surface area contributed by atoms with E-state index < -0.39 is 0 Å². The van der Waals surface area contributed by atoms with Gasteiger partial charge in [0.25, 0.3) is 5.91 Å². The third-order valence-electron chi connectivity index (χ3n) is 2.30. The van der Waals surface area contributed by atoms with Gasteiger partial charge in [0.1, 0.15) is 0 Å². The summed E-state index contributed by atoms with van der Waals surface area (Å²) in [5, 5.41) is 8.60. The molecule has 1 aromatic heterocycles. The van der Waals surface area contributed by atoms with Crippen molar-refractivity contribution in [3.05, 3.63) is 28.5 Å². The van der Waals surface area contributed by atoms with Gasteiger partial charge in [0.2, 0.25) is 0 Å². The molecule has 0 fully saturated rings. The highest BCUT2D eigenvalue weighted by Crippen LogP contribution is 2.12. The highest BCUT2D eigenvalue weighted by molar-refractivity contribution is 9.10. The number of rotatable bonds is 6. The van der Waals surface area contributed by atoms with E-state index in [1.807, 2.05) is 6.07 Å². The van der Waals surface area contributed by atoms with Crippen LogP contribution in [0.1, 0.15) is 16.8 Å². The average molecular weight is 312 g/mol. The monoisotopic (exact) mass is 311 g/mol. The molecule has 0 N–H and O–H groups in total. The molecule has 1 aromatic rings. The summed E-state index contributed by atoms with van der Waals surface area (Å²) in [6.07, 6.45) is 3.43. The Bertz CT molecular complexity index is 445. The Morgan fingerprint density at radius 1 is 1.56 bits per heavy atom. The molecule has 0 aliphatic heterocycles. The van der Waals surface area contributed by atoms with Gasteiger partial charge < -0.3 is 9.64 Å². The molecular weight excluding hydrogens is 298 g/mol. The minimum absolute atomic E-state index is 0.142. The lowest BCUT2D eigenvalue weighted by Gasteiger charge is -2.21. The van der Waals surface area contributed by atoms with E-state index in [1.54, 1.807) is 24.3 Å². The molecular formula is C12H14BrN3O2. The number of nitrogens with zero attached hydrogens (tertiary/aromatic N) is 3. The van der Waals surface area contributed by atoms with Gasteiger partial charge in [-0.1, -0.05) is 0 Å². The van der Waals surface area contributed by atoms with Crippen molar-refractivity contribution in [3.63, 3.8) is 0 Å². The fourth-order valence-corrected chi connectivity index (χ4v) is 1.78. The molecule has 1 heterocycles. The van der Waals surface area contributed by atoms with Crippen molar-refractivity contribution in [2.45, 2.75) is 6.42 Å². The second-order valence-electron chi connectivity index (χ2n) is 3.58. The van der Waals surface area contributed by atoms with Crippen molar-refractivity contribution < 1.29 is 9.53 Å². The number of amides is 1. The zero-order chi connectivity index (χ0) is 13.4. The Balaban J connectivity index is 2.77. The molecule has 0 bridgehead atoms. The van der Waals surface area contributed by atoms with Crippen molar-refractivity contribution in [2.75, 3.05) is 26.8 Å². The molecule has 5 nitrogen and oxygen atoms in total. The molecule has 0 atom stereocenters. The summed E-state index contributed by atoms with van der Waals surface area (Å²) in [6, 6.07) is 3.74. The Hall–Kier alpha value is -1.45. The van der Waals surface area contributed by atoms with Crippen molar-refractivity contribution in [2.24, 2.45) is 0 Å². The van der Waals surface area contributed by atoms with Gasteiger partial charge in [0.15, 0.2) is 0 Å². The number of halogens is 1. The zero-order valence-corrected chi connectivity index (χ0v) is 11.7. The number of pyridine rings is 1. The summed E-state index contributed by atoms with van der Waals surface area (Å²) in [5.74, 6) is -0.142. The Labute approximate surface area is 115 Å². The summed E-state index contributed by atoms with van der Waals surface area (Å²) in [6.45, 7) is 1.30. The van der Waals surface area contributed by atoms with E-state index in [1.165, 1.54) is 6.20 Å². The average Bonchev–Trinajstić information content (AvgIpc) is 2.38. The fraction of sp³-hybridized carbons (Fsp3) is 0.417. The van der Waals surface area contributed by atoms with E-state index in [4.69, 9.17) is 10.00 Å². The number of ether oxygens (including phenoxy) is 1. The minimum Gasteiger partial charge on any atom is -0.383 e. The predicted octanol–water partition coefficient (Wildman–Crippen LogP) is 1.85. The molecule has 96 valence electrons. The van der Waals surface area contributed by atoms with Crippen LogP contribution >= 0.6 is 15.9 Å². The molecule has 0 radical (unpaired) electrons. The lowest BCUT2D eigenvalue weighted by molar-refractivity contribution is 0.0699. The Kier molecular flexibility index (Phi) is 6.33. The van der Waals surface area contributed by atoms with Crippen molar-refractivity contribution >= 4 is 21.8 Å². The van der Waals surface area contributed by atoms with Crippen LogP contribution < -0.4 is 0 Å². The van der Waals surface area contributed by atoms with Gasteiger partial charge in [-0.25, -0.2) is 0 Å². The maximum Gasteiger partial charge on any atom is 0.255 e. The molecule has 0 saturated carbocycles. The van der Waals surface area contributed by atoms with Crippen molar-refractivity contribution in [1.29, 1.82) is 5.26 Å². The van der Waals surface area contributed by atoms with Crippen LogP contribution in [0.3, 0.4) is 0 Å². The molecule has 0 saturated heterocycles. The van der Waals surface area contributed by atoms with Gasteiger partial charge in [-0.2, -0.15) is 5.26 Å². The third kappa shape index (κ3) is 4.43. The number of aromatic nitrogens is 1. The second-order valence-corrected chi connectivity index (χ2v) is 4.50. The van der Waals surface area contributed by atoms with Crippen LogP contribution in [0.25, 0.3) is 0 Å². The van der Waals surface area contributed by atoms with E-state index in [0.29, 0.717) is 31.7 Å². The Morgan fingerprint density at radius 3 is 2.94 bits per heavy atom. The van der Waals surface area contributed by atoms with Crippen LogP contribution in [0, 0.1) is 11.3 Å². The number of nitriles is 1.